The van der Waals surface area contributed by atoms with Gasteiger partial charge in [0.05, 0.1) is 27.7 Å². The lowest BCUT2D eigenvalue weighted by molar-refractivity contribution is -0.870. The van der Waals surface area contributed by atoms with E-state index in [1.54, 1.807) is 0 Å². The van der Waals surface area contributed by atoms with E-state index in [9.17, 15) is 19.0 Å². The minimum atomic E-state index is -4.65. The first-order valence-corrected chi connectivity index (χ1v) is 22.8. The van der Waals surface area contributed by atoms with Crippen LogP contribution in [-0.2, 0) is 32.7 Å². The number of nitrogens with zero attached hydrogens (tertiary/aromatic N) is 1. The van der Waals surface area contributed by atoms with Crippen LogP contribution in [0.15, 0.2) is 85.1 Å². The van der Waals surface area contributed by atoms with Gasteiger partial charge in [-0.25, -0.2) is 0 Å². The van der Waals surface area contributed by atoms with Crippen LogP contribution >= 0.6 is 7.82 Å². The van der Waals surface area contributed by atoms with E-state index in [0.29, 0.717) is 23.9 Å². The summed E-state index contributed by atoms with van der Waals surface area (Å²) in [6.07, 6.45) is 47.8. The van der Waals surface area contributed by atoms with Crippen molar-refractivity contribution in [3.05, 3.63) is 85.1 Å². The number of hydrogen-bond donors (Lipinski definition) is 0. The molecule has 9 nitrogen and oxygen atoms in total. The Hall–Kier alpha value is -2.81. The molecule has 0 aromatic carbocycles. The van der Waals surface area contributed by atoms with E-state index in [4.69, 9.17) is 18.5 Å². The summed E-state index contributed by atoms with van der Waals surface area (Å²) in [6.45, 7) is 3.95. The lowest BCUT2D eigenvalue weighted by Gasteiger charge is -2.28. The highest BCUT2D eigenvalue weighted by Crippen LogP contribution is 2.38. The number of rotatable bonds is 37. The molecule has 320 valence electrons. The van der Waals surface area contributed by atoms with Crippen molar-refractivity contribution in [2.45, 2.75) is 148 Å². The number of carbonyl (C=O) groups excluding carboxylic acids is 2. The molecule has 0 fully saturated rings. The van der Waals surface area contributed by atoms with Crippen molar-refractivity contribution in [1.29, 1.82) is 0 Å². The van der Waals surface area contributed by atoms with Crippen LogP contribution < -0.4 is 4.89 Å². The predicted octanol–water partition coefficient (Wildman–Crippen LogP) is 11.4. The molecule has 2 unspecified atom stereocenters. The number of phosphoric ester groups is 1. The van der Waals surface area contributed by atoms with Gasteiger partial charge in [0.2, 0.25) is 0 Å². The number of unbranched alkanes of at least 4 members (excludes halogenated alkanes) is 9. The quantitative estimate of drug-likeness (QED) is 0.0201. The van der Waals surface area contributed by atoms with E-state index >= 15 is 0 Å². The van der Waals surface area contributed by atoms with Gasteiger partial charge in [0, 0.05) is 12.8 Å². The van der Waals surface area contributed by atoms with Gasteiger partial charge in [0.15, 0.2) is 6.10 Å². The van der Waals surface area contributed by atoms with E-state index in [2.05, 4.69) is 80.7 Å². The van der Waals surface area contributed by atoms with Crippen molar-refractivity contribution in [3.63, 3.8) is 0 Å². The van der Waals surface area contributed by atoms with E-state index in [1.807, 2.05) is 39.4 Å². The summed E-state index contributed by atoms with van der Waals surface area (Å²) in [5.41, 5.74) is 0. The van der Waals surface area contributed by atoms with Crippen LogP contribution in [0, 0.1) is 0 Å². The second-order valence-corrected chi connectivity index (χ2v) is 16.4. The molecule has 0 rings (SSSR count). The van der Waals surface area contributed by atoms with Gasteiger partial charge < -0.3 is 27.9 Å². The Balaban J connectivity index is 4.57. The number of allylic oxidation sites excluding steroid dienone is 14. The average molecular weight is 804 g/mol. The zero-order valence-electron chi connectivity index (χ0n) is 35.8. The Kier molecular flexibility index (Phi) is 35.9. The summed E-state index contributed by atoms with van der Waals surface area (Å²) in [6, 6.07) is 0. The number of carbonyl (C=O) groups is 2. The molecule has 0 aliphatic carbocycles. The molecule has 0 aromatic heterocycles. The van der Waals surface area contributed by atoms with Gasteiger partial charge in [-0.05, 0) is 64.2 Å². The Morgan fingerprint density at radius 1 is 0.571 bits per heavy atom. The monoisotopic (exact) mass is 804 g/mol. The van der Waals surface area contributed by atoms with Crippen LogP contribution in [0.4, 0.5) is 0 Å². The fourth-order valence-electron chi connectivity index (χ4n) is 5.11. The molecular weight excluding hydrogens is 725 g/mol. The van der Waals surface area contributed by atoms with Crippen LogP contribution in [0.3, 0.4) is 0 Å². The standard InChI is InChI=1S/C46H78NO8P/c1-6-8-10-12-14-16-18-20-21-22-23-24-25-27-29-31-33-35-37-39-46(49)55-44(43-54-56(50,51)53-41-40-47(3,4)5)42-52-45(48)38-36-34-32-30-28-26-19-17-15-13-11-9-7-2/h8,10,14,16,20-21,23-24,27,29,32-35,44H,6-7,9,11-13,15,17-19,22,25-26,28,30-31,36-43H2,1-5H3/b10-8-,16-14-,21-20-,24-23-,29-27-,34-32-,35-33-. The van der Waals surface area contributed by atoms with E-state index < -0.39 is 32.5 Å². The van der Waals surface area contributed by atoms with Gasteiger partial charge in [0.1, 0.15) is 19.8 Å². The van der Waals surface area contributed by atoms with Crippen LogP contribution in [0.25, 0.3) is 0 Å². The molecule has 0 N–H and O–H groups in total. The fourth-order valence-corrected chi connectivity index (χ4v) is 5.84. The highest BCUT2D eigenvalue weighted by atomic mass is 31.2. The first-order chi connectivity index (χ1) is 27.0. The third-order valence-electron chi connectivity index (χ3n) is 8.43. The minimum Gasteiger partial charge on any atom is -0.756 e. The summed E-state index contributed by atoms with van der Waals surface area (Å²) in [5.74, 6) is -0.999. The predicted molar refractivity (Wildman–Crippen MR) is 231 cm³/mol. The van der Waals surface area contributed by atoms with Crippen molar-refractivity contribution in [1.82, 2.24) is 0 Å². The SMILES string of the molecule is CC/C=C\C/C=C\C/C=C\C/C=C\C/C=C\C/C=C\CCC(=O)OC(COC(=O)CC/C=C\CCCCCCCCCCC)COP(=O)([O-])OCC[N+](C)(C)C. The van der Waals surface area contributed by atoms with Crippen molar-refractivity contribution >= 4 is 19.8 Å². The van der Waals surface area contributed by atoms with E-state index in [-0.39, 0.29) is 26.1 Å². The first kappa shape index (κ1) is 53.2. The van der Waals surface area contributed by atoms with Crippen molar-refractivity contribution < 1.29 is 42.1 Å². The number of ether oxygens (including phenoxy) is 2. The maximum Gasteiger partial charge on any atom is 0.306 e. The second-order valence-electron chi connectivity index (χ2n) is 15.0. The molecule has 0 amide bonds. The highest BCUT2D eigenvalue weighted by molar-refractivity contribution is 7.45. The normalized spacial score (nSPS) is 14.5. The Morgan fingerprint density at radius 3 is 1.54 bits per heavy atom. The minimum absolute atomic E-state index is 0.0533. The number of esters is 2. The van der Waals surface area contributed by atoms with Gasteiger partial charge >= 0.3 is 11.9 Å². The van der Waals surface area contributed by atoms with Gasteiger partial charge in [-0.15, -0.1) is 0 Å². The first-order valence-electron chi connectivity index (χ1n) is 21.3. The molecule has 2 atom stereocenters. The van der Waals surface area contributed by atoms with Crippen LogP contribution in [0.1, 0.15) is 142 Å². The smallest absolute Gasteiger partial charge is 0.306 e. The van der Waals surface area contributed by atoms with Gasteiger partial charge in [0.25, 0.3) is 7.82 Å². The molecule has 0 heterocycles. The number of quaternary nitrogens is 1. The molecule has 56 heavy (non-hydrogen) atoms. The largest absolute Gasteiger partial charge is 0.756 e. The zero-order chi connectivity index (χ0) is 41.4. The second kappa shape index (κ2) is 37.7. The van der Waals surface area contributed by atoms with E-state index in [0.717, 1.165) is 51.4 Å². The Bertz CT molecular complexity index is 1230. The molecule has 0 radical (unpaired) electrons. The molecule has 0 aliphatic rings. The average Bonchev–Trinajstić information content (AvgIpc) is 3.15. The number of phosphoric acid groups is 1. The van der Waals surface area contributed by atoms with Crippen LogP contribution in [-0.4, -0.2) is 70.0 Å². The van der Waals surface area contributed by atoms with Gasteiger partial charge in [-0.1, -0.05) is 150 Å². The zero-order valence-corrected chi connectivity index (χ0v) is 36.7. The third kappa shape index (κ3) is 40.8. The topological polar surface area (TPSA) is 111 Å². The lowest BCUT2D eigenvalue weighted by atomic mass is 10.1. The molecule has 0 bridgehead atoms. The van der Waals surface area contributed by atoms with Crippen LogP contribution in [0.2, 0.25) is 0 Å². The van der Waals surface area contributed by atoms with E-state index in [1.165, 1.54) is 51.4 Å². The molecule has 0 saturated heterocycles. The summed E-state index contributed by atoms with van der Waals surface area (Å²) < 4.78 is 33.7. The summed E-state index contributed by atoms with van der Waals surface area (Å²) >= 11 is 0. The molecular formula is C46H78NO8P. The summed E-state index contributed by atoms with van der Waals surface area (Å²) in [4.78, 5) is 37.4. The molecule has 0 aromatic rings. The highest BCUT2D eigenvalue weighted by Gasteiger charge is 2.21. The summed E-state index contributed by atoms with van der Waals surface area (Å²) in [5, 5.41) is 0. The van der Waals surface area contributed by atoms with Gasteiger partial charge in [-0.3, -0.25) is 14.2 Å². The Morgan fingerprint density at radius 2 is 1.02 bits per heavy atom. The van der Waals surface area contributed by atoms with Crippen molar-refractivity contribution in [2.24, 2.45) is 0 Å². The molecule has 0 saturated carbocycles. The van der Waals surface area contributed by atoms with Gasteiger partial charge in [-0.2, -0.15) is 0 Å². The Labute approximate surface area is 341 Å². The van der Waals surface area contributed by atoms with Crippen molar-refractivity contribution in [3.8, 4) is 0 Å². The molecule has 0 aliphatic heterocycles. The third-order valence-corrected chi connectivity index (χ3v) is 9.39. The lowest BCUT2D eigenvalue weighted by Crippen LogP contribution is -2.37. The fraction of sp³-hybridized carbons (Fsp3) is 0.652. The molecule has 10 heteroatoms. The summed E-state index contributed by atoms with van der Waals surface area (Å²) in [7, 11) is 1.09. The number of hydrogen-bond acceptors (Lipinski definition) is 8. The number of likely N-dealkylation sites (N-methyl/N-ethyl adjacent to an activating group) is 1. The van der Waals surface area contributed by atoms with Crippen molar-refractivity contribution in [2.75, 3.05) is 47.5 Å². The maximum absolute atomic E-state index is 12.6. The maximum atomic E-state index is 12.6. The molecule has 0 spiro atoms. The van der Waals surface area contributed by atoms with Crippen LogP contribution in [0.5, 0.6) is 0 Å².